The summed E-state index contributed by atoms with van der Waals surface area (Å²) < 4.78 is 15.1. The van der Waals surface area contributed by atoms with E-state index < -0.39 is 5.82 Å². The lowest BCUT2D eigenvalue weighted by molar-refractivity contribution is 0.268. The van der Waals surface area contributed by atoms with Crippen molar-refractivity contribution >= 4 is 0 Å². The van der Waals surface area contributed by atoms with Crippen LogP contribution in [-0.2, 0) is 13.2 Å². The number of aliphatic hydroxyl groups is 2. The fourth-order valence-corrected chi connectivity index (χ4v) is 1.65. The van der Waals surface area contributed by atoms with E-state index in [1.165, 1.54) is 10.7 Å². The van der Waals surface area contributed by atoms with E-state index in [1.807, 2.05) is 0 Å². The number of rotatable bonds is 4. The minimum absolute atomic E-state index is 0.129. The predicted octanol–water partition coefficient (Wildman–Crippen LogP) is 0.569. The number of aliphatic hydroxyl groups excluding tert-OH is 2. The molecular weight excluding hydrogens is 225 g/mol. The van der Waals surface area contributed by atoms with Crippen LogP contribution in [0.5, 0.6) is 0 Å². The predicted molar refractivity (Wildman–Crippen MR) is 58.4 cm³/mol. The van der Waals surface area contributed by atoms with Crippen molar-refractivity contribution < 1.29 is 14.6 Å². The lowest BCUT2D eigenvalue weighted by Gasteiger charge is -2.07. The minimum Gasteiger partial charge on any atom is -0.394 e. The molecule has 0 amide bonds. The normalized spacial score (nSPS) is 10.8. The van der Waals surface area contributed by atoms with Gasteiger partial charge in [-0.2, -0.15) is 0 Å². The van der Waals surface area contributed by atoms with Gasteiger partial charge in [-0.05, 0) is 12.1 Å². The van der Waals surface area contributed by atoms with Gasteiger partial charge in [0.1, 0.15) is 11.5 Å². The van der Waals surface area contributed by atoms with E-state index >= 15 is 0 Å². The molecule has 2 aromatic rings. The van der Waals surface area contributed by atoms with Crippen LogP contribution in [0.15, 0.2) is 24.3 Å². The number of aromatic nitrogens is 3. The summed E-state index contributed by atoms with van der Waals surface area (Å²) in [7, 11) is 0. The van der Waals surface area contributed by atoms with Gasteiger partial charge in [0.05, 0.1) is 25.5 Å². The van der Waals surface area contributed by atoms with Crippen LogP contribution in [0.25, 0.3) is 11.3 Å². The fourth-order valence-electron chi connectivity index (χ4n) is 1.65. The van der Waals surface area contributed by atoms with Gasteiger partial charge < -0.3 is 10.2 Å². The number of benzene rings is 1. The minimum atomic E-state index is -0.413. The molecule has 0 atom stereocenters. The molecule has 0 bridgehead atoms. The highest BCUT2D eigenvalue weighted by Gasteiger charge is 2.16. The maximum atomic E-state index is 13.7. The quantitative estimate of drug-likeness (QED) is 0.815. The largest absolute Gasteiger partial charge is 0.394 e. The van der Waals surface area contributed by atoms with Crippen LogP contribution < -0.4 is 0 Å². The number of nitrogens with zero attached hydrogens (tertiary/aromatic N) is 3. The van der Waals surface area contributed by atoms with E-state index in [4.69, 9.17) is 10.2 Å². The van der Waals surface area contributed by atoms with Gasteiger partial charge in [0, 0.05) is 5.56 Å². The number of halogens is 1. The molecule has 0 aliphatic carbocycles. The maximum absolute atomic E-state index is 13.7. The molecule has 0 fully saturated rings. The summed E-state index contributed by atoms with van der Waals surface area (Å²) in [4.78, 5) is 0. The molecule has 0 spiro atoms. The summed E-state index contributed by atoms with van der Waals surface area (Å²) in [5.41, 5.74) is 1.01. The summed E-state index contributed by atoms with van der Waals surface area (Å²) >= 11 is 0. The summed E-state index contributed by atoms with van der Waals surface area (Å²) in [6.07, 6.45) is 0. The van der Waals surface area contributed by atoms with Gasteiger partial charge in [-0.1, -0.05) is 17.3 Å². The van der Waals surface area contributed by atoms with E-state index in [0.29, 0.717) is 17.0 Å². The van der Waals surface area contributed by atoms with Crippen molar-refractivity contribution in [2.75, 3.05) is 6.61 Å². The Morgan fingerprint density at radius 2 is 2.00 bits per heavy atom. The summed E-state index contributed by atoms with van der Waals surface area (Å²) in [6, 6.07) is 6.18. The Kier molecular flexibility index (Phi) is 3.46. The Balaban J connectivity index is 2.56. The zero-order chi connectivity index (χ0) is 12.3. The van der Waals surface area contributed by atoms with Gasteiger partial charge in [0.15, 0.2) is 0 Å². The molecule has 0 aliphatic heterocycles. The standard InChI is InChI=1S/C11H12FN3O2/c12-9-4-2-1-3-8(9)11-10(7-17)13-14-15(11)5-6-16/h1-4,16-17H,5-7H2. The van der Waals surface area contributed by atoms with Crippen molar-refractivity contribution in [2.45, 2.75) is 13.2 Å². The lowest BCUT2D eigenvalue weighted by atomic mass is 10.1. The van der Waals surface area contributed by atoms with Crippen LogP contribution in [0, 0.1) is 5.82 Å². The smallest absolute Gasteiger partial charge is 0.132 e. The third-order valence-corrected chi connectivity index (χ3v) is 2.40. The van der Waals surface area contributed by atoms with Gasteiger partial charge in [-0.3, -0.25) is 0 Å². The van der Waals surface area contributed by atoms with Gasteiger partial charge in [-0.25, -0.2) is 9.07 Å². The van der Waals surface area contributed by atoms with E-state index in [1.54, 1.807) is 18.2 Å². The molecule has 1 heterocycles. The van der Waals surface area contributed by atoms with Gasteiger partial charge in [-0.15, -0.1) is 5.10 Å². The molecule has 0 saturated carbocycles. The molecule has 0 unspecified atom stereocenters. The van der Waals surface area contributed by atoms with Crippen molar-refractivity contribution in [3.63, 3.8) is 0 Å². The second-order valence-electron chi connectivity index (χ2n) is 3.47. The van der Waals surface area contributed by atoms with Crippen molar-refractivity contribution in [3.05, 3.63) is 35.8 Å². The Hall–Kier alpha value is -1.79. The molecule has 2 rings (SSSR count). The molecule has 90 valence electrons. The Bertz CT molecular complexity index is 513. The first-order valence-corrected chi connectivity index (χ1v) is 5.17. The molecule has 0 aliphatic rings. The SMILES string of the molecule is OCCn1nnc(CO)c1-c1ccccc1F. The van der Waals surface area contributed by atoms with Gasteiger partial charge >= 0.3 is 0 Å². The van der Waals surface area contributed by atoms with Crippen molar-refractivity contribution in [2.24, 2.45) is 0 Å². The number of hydrogen-bond donors (Lipinski definition) is 2. The zero-order valence-electron chi connectivity index (χ0n) is 9.04. The summed E-state index contributed by atoms with van der Waals surface area (Å²) in [6.45, 7) is -0.249. The Morgan fingerprint density at radius 3 is 2.65 bits per heavy atom. The highest BCUT2D eigenvalue weighted by Crippen LogP contribution is 2.24. The van der Waals surface area contributed by atoms with Crippen molar-refractivity contribution in [1.29, 1.82) is 0 Å². The van der Waals surface area contributed by atoms with Crippen LogP contribution in [-0.4, -0.2) is 31.8 Å². The van der Waals surface area contributed by atoms with E-state index in [2.05, 4.69) is 10.3 Å². The molecule has 17 heavy (non-hydrogen) atoms. The second-order valence-corrected chi connectivity index (χ2v) is 3.47. The molecule has 1 aromatic heterocycles. The molecule has 0 saturated heterocycles. The van der Waals surface area contributed by atoms with Gasteiger partial charge in [0.25, 0.3) is 0 Å². The number of hydrogen-bond acceptors (Lipinski definition) is 4. The molecule has 0 radical (unpaired) electrons. The zero-order valence-corrected chi connectivity index (χ0v) is 9.04. The summed E-state index contributed by atoms with van der Waals surface area (Å²) in [5, 5.41) is 25.6. The fraction of sp³-hybridized carbons (Fsp3) is 0.273. The summed E-state index contributed by atoms with van der Waals surface area (Å²) in [5.74, 6) is -0.413. The van der Waals surface area contributed by atoms with Crippen molar-refractivity contribution in [3.8, 4) is 11.3 Å². The Morgan fingerprint density at radius 1 is 1.24 bits per heavy atom. The van der Waals surface area contributed by atoms with Crippen LogP contribution in [0.1, 0.15) is 5.69 Å². The Labute approximate surface area is 97.1 Å². The molecular formula is C11H12FN3O2. The van der Waals surface area contributed by atoms with Crippen LogP contribution in [0.4, 0.5) is 4.39 Å². The van der Waals surface area contributed by atoms with E-state index in [9.17, 15) is 4.39 Å². The highest BCUT2D eigenvalue weighted by molar-refractivity contribution is 5.62. The molecule has 2 N–H and O–H groups in total. The first kappa shape index (κ1) is 11.7. The van der Waals surface area contributed by atoms with Crippen LogP contribution in [0.2, 0.25) is 0 Å². The highest BCUT2D eigenvalue weighted by atomic mass is 19.1. The van der Waals surface area contributed by atoms with Gasteiger partial charge in [0.2, 0.25) is 0 Å². The third kappa shape index (κ3) is 2.17. The first-order chi connectivity index (χ1) is 8.27. The second kappa shape index (κ2) is 5.03. The average Bonchev–Trinajstić information content (AvgIpc) is 2.73. The lowest BCUT2D eigenvalue weighted by Crippen LogP contribution is -2.07. The molecule has 1 aromatic carbocycles. The van der Waals surface area contributed by atoms with E-state index in [0.717, 1.165) is 0 Å². The average molecular weight is 237 g/mol. The first-order valence-electron chi connectivity index (χ1n) is 5.17. The van der Waals surface area contributed by atoms with E-state index in [-0.39, 0.29) is 19.8 Å². The topological polar surface area (TPSA) is 71.2 Å². The van der Waals surface area contributed by atoms with Crippen molar-refractivity contribution in [1.82, 2.24) is 15.0 Å². The monoisotopic (exact) mass is 237 g/mol. The molecule has 5 nitrogen and oxygen atoms in total. The molecule has 6 heteroatoms. The maximum Gasteiger partial charge on any atom is 0.132 e. The van der Waals surface area contributed by atoms with Crippen LogP contribution >= 0.6 is 0 Å². The third-order valence-electron chi connectivity index (χ3n) is 2.40. The van der Waals surface area contributed by atoms with Crippen LogP contribution in [0.3, 0.4) is 0 Å².